The molecule has 1 aromatic heterocycles. The fraction of sp³-hybridized carbons (Fsp3) is 0.231. The molecule has 0 aliphatic heterocycles. The molecule has 0 saturated carbocycles. The molecule has 1 heterocycles. The first-order valence-electron chi connectivity index (χ1n) is 5.18. The van der Waals surface area contributed by atoms with Crippen molar-refractivity contribution in [2.24, 2.45) is 0 Å². The Kier molecular flexibility index (Phi) is 3.80. The molecule has 1 aromatic carbocycles. The summed E-state index contributed by atoms with van der Waals surface area (Å²) in [6.07, 6.45) is 3.50. The van der Waals surface area contributed by atoms with Gasteiger partial charge in [-0.3, -0.25) is 4.90 Å². The Hall–Kier alpha value is -1.06. The Bertz CT molecular complexity index is 422. The summed E-state index contributed by atoms with van der Waals surface area (Å²) in [7, 11) is 2.11. The largest absolute Gasteiger partial charge is 0.472 e. The monoisotopic (exact) mass is 279 g/mol. The lowest BCUT2D eigenvalue weighted by Crippen LogP contribution is -2.16. The molecule has 3 heteroatoms. The van der Waals surface area contributed by atoms with Crippen molar-refractivity contribution < 1.29 is 4.42 Å². The number of furan rings is 1. The number of hydrogen-bond acceptors (Lipinski definition) is 2. The summed E-state index contributed by atoms with van der Waals surface area (Å²) in [5, 5.41) is 0. The number of rotatable bonds is 4. The molecule has 0 spiro atoms. The van der Waals surface area contributed by atoms with Crippen LogP contribution in [0.5, 0.6) is 0 Å². The van der Waals surface area contributed by atoms with Gasteiger partial charge >= 0.3 is 0 Å². The first kappa shape index (κ1) is 11.4. The van der Waals surface area contributed by atoms with Gasteiger partial charge in [0, 0.05) is 23.1 Å². The van der Waals surface area contributed by atoms with Crippen molar-refractivity contribution in [2.75, 3.05) is 7.05 Å². The van der Waals surface area contributed by atoms with Gasteiger partial charge in [-0.15, -0.1) is 0 Å². The predicted molar refractivity (Wildman–Crippen MR) is 68.0 cm³/mol. The first-order valence-corrected chi connectivity index (χ1v) is 5.97. The Morgan fingerprint density at radius 3 is 2.38 bits per heavy atom. The summed E-state index contributed by atoms with van der Waals surface area (Å²) in [4.78, 5) is 2.26. The molecule has 0 fully saturated rings. The molecule has 0 unspecified atom stereocenters. The Labute approximate surface area is 104 Å². The van der Waals surface area contributed by atoms with E-state index in [4.69, 9.17) is 4.42 Å². The zero-order chi connectivity index (χ0) is 11.4. The van der Waals surface area contributed by atoms with E-state index in [0.717, 1.165) is 17.6 Å². The van der Waals surface area contributed by atoms with E-state index in [0.29, 0.717) is 0 Å². The highest BCUT2D eigenvalue weighted by atomic mass is 79.9. The van der Waals surface area contributed by atoms with E-state index < -0.39 is 0 Å². The topological polar surface area (TPSA) is 16.4 Å². The van der Waals surface area contributed by atoms with Crippen LogP contribution in [0.1, 0.15) is 11.1 Å². The Morgan fingerprint density at radius 1 is 1.06 bits per heavy atom. The van der Waals surface area contributed by atoms with E-state index in [2.05, 4.69) is 52.1 Å². The molecule has 0 N–H and O–H groups in total. The first-order chi connectivity index (χ1) is 7.74. The van der Waals surface area contributed by atoms with Crippen LogP contribution in [-0.2, 0) is 13.1 Å². The van der Waals surface area contributed by atoms with Crippen LogP contribution in [0.15, 0.2) is 51.7 Å². The average molecular weight is 280 g/mol. The normalized spacial score (nSPS) is 10.9. The SMILES string of the molecule is CN(Cc1ccc(Br)cc1)Cc1ccoc1. The van der Waals surface area contributed by atoms with Crippen molar-refractivity contribution in [3.8, 4) is 0 Å². The molecule has 2 aromatic rings. The van der Waals surface area contributed by atoms with Crippen molar-refractivity contribution in [1.29, 1.82) is 0 Å². The van der Waals surface area contributed by atoms with Crippen molar-refractivity contribution >= 4 is 15.9 Å². The highest BCUT2D eigenvalue weighted by molar-refractivity contribution is 9.10. The quantitative estimate of drug-likeness (QED) is 0.849. The van der Waals surface area contributed by atoms with Gasteiger partial charge in [0.25, 0.3) is 0 Å². The average Bonchev–Trinajstić information content (AvgIpc) is 2.74. The molecular formula is C13H14BrNO. The van der Waals surface area contributed by atoms with Crippen LogP contribution in [0.25, 0.3) is 0 Å². The number of hydrogen-bond donors (Lipinski definition) is 0. The molecule has 0 amide bonds. The third kappa shape index (κ3) is 3.22. The molecule has 0 aliphatic rings. The van der Waals surface area contributed by atoms with E-state index in [1.54, 1.807) is 12.5 Å². The van der Waals surface area contributed by atoms with E-state index in [9.17, 15) is 0 Å². The third-order valence-corrected chi connectivity index (χ3v) is 2.93. The van der Waals surface area contributed by atoms with Crippen LogP contribution in [0.3, 0.4) is 0 Å². The second-order valence-corrected chi connectivity index (χ2v) is 4.85. The van der Waals surface area contributed by atoms with Crippen LogP contribution in [0, 0.1) is 0 Å². The van der Waals surface area contributed by atoms with Gasteiger partial charge in [0.2, 0.25) is 0 Å². The highest BCUT2D eigenvalue weighted by Crippen LogP contribution is 2.13. The standard InChI is InChI=1S/C13H14BrNO/c1-15(9-12-6-7-16-10-12)8-11-2-4-13(14)5-3-11/h2-7,10H,8-9H2,1H3. The maximum atomic E-state index is 5.05. The number of benzene rings is 1. The van der Waals surface area contributed by atoms with Gasteiger partial charge in [-0.05, 0) is 30.8 Å². The summed E-state index contributed by atoms with van der Waals surface area (Å²) in [5.74, 6) is 0. The van der Waals surface area contributed by atoms with Gasteiger partial charge in [-0.1, -0.05) is 28.1 Å². The van der Waals surface area contributed by atoms with Crippen LogP contribution in [-0.4, -0.2) is 11.9 Å². The van der Waals surface area contributed by atoms with E-state index in [-0.39, 0.29) is 0 Å². The molecule has 0 atom stereocenters. The van der Waals surface area contributed by atoms with Crippen LogP contribution >= 0.6 is 15.9 Å². The Balaban J connectivity index is 1.92. The van der Waals surface area contributed by atoms with Crippen LogP contribution in [0.2, 0.25) is 0 Å². The second kappa shape index (κ2) is 5.32. The molecule has 0 aliphatic carbocycles. The number of nitrogens with zero attached hydrogens (tertiary/aromatic N) is 1. The highest BCUT2D eigenvalue weighted by Gasteiger charge is 2.02. The molecule has 0 saturated heterocycles. The van der Waals surface area contributed by atoms with Gasteiger partial charge < -0.3 is 4.42 Å². The molecule has 0 radical (unpaired) electrons. The maximum Gasteiger partial charge on any atom is 0.0947 e. The van der Waals surface area contributed by atoms with Crippen molar-refractivity contribution in [1.82, 2.24) is 4.90 Å². The summed E-state index contributed by atoms with van der Waals surface area (Å²) in [6.45, 7) is 1.85. The van der Waals surface area contributed by atoms with E-state index in [1.807, 2.05) is 6.07 Å². The molecular weight excluding hydrogens is 266 g/mol. The van der Waals surface area contributed by atoms with Gasteiger partial charge in [-0.2, -0.15) is 0 Å². The lowest BCUT2D eigenvalue weighted by Gasteiger charge is -2.15. The van der Waals surface area contributed by atoms with Crippen molar-refractivity contribution in [3.05, 3.63) is 58.5 Å². The minimum atomic E-state index is 0.909. The van der Waals surface area contributed by atoms with Crippen LogP contribution < -0.4 is 0 Å². The smallest absolute Gasteiger partial charge is 0.0947 e. The van der Waals surface area contributed by atoms with Gasteiger partial charge in [0.1, 0.15) is 0 Å². The van der Waals surface area contributed by atoms with Crippen molar-refractivity contribution in [2.45, 2.75) is 13.1 Å². The number of halogens is 1. The second-order valence-electron chi connectivity index (χ2n) is 3.93. The zero-order valence-electron chi connectivity index (χ0n) is 9.19. The molecule has 0 bridgehead atoms. The molecule has 16 heavy (non-hydrogen) atoms. The fourth-order valence-corrected chi connectivity index (χ4v) is 1.92. The van der Waals surface area contributed by atoms with E-state index >= 15 is 0 Å². The summed E-state index contributed by atoms with van der Waals surface area (Å²) in [6, 6.07) is 10.4. The predicted octanol–water partition coefficient (Wildman–Crippen LogP) is 3.67. The van der Waals surface area contributed by atoms with Gasteiger partial charge in [-0.25, -0.2) is 0 Å². The molecule has 2 nitrogen and oxygen atoms in total. The lowest BCUT2D eigenvalue weighted by atomic mass is 10.2. The van der Waals surface area contributed by atoms with Gasteiger partial charge in [0.05, 0.1) is 12.5 Å². The van der Waals surface area contributed by atoms with E-state index in [1.165, 1.54) is 11.1 Å². The maximum absolute atomic E-state index is 5.05. The lowest BCUT2D eigenvalue weighted by molar-refractivity contribution is 0.318. The summed E-state index contributed by atoms with van der Waals surface area (Å²) >= 11 is 3.43. The molecule has 84 valence electrons. The third-order valence-electron chi connectivity index (χ3n) is 2.40. The molecule has 2 rings (SSSR count). The minimum Gasteiger partial charge on any atom is -0.472 e. The van der Waals surface area contributed by atoms with Crippen LogP contribution in [0.4, 0.5) is 0 Å². The minimum absolute atomic E-state index is 0.909. The van der Waals surface area contributed by atoms with Gasteiger partial charge in [0.15, 0.2) is 0 Å². The summed E-state index contributed by atoms with van der Waals surface area (Å²) < 4.78 is 6.17. The Morgan fingerprint density at radius 2 is 1.75 bits per heavy atom. The fourth-order valence-electron chi connectivity index (χ4n) is 1.65. The summed E-state index contributed by atoms with van der Waals surface area (Å²) in [5.41, 5.74) is 2.52. The zero-order valence-corrected chi connectivity index (χ0v) is 10.8. The van der Waals surface area contributed by atoms with Crippen molar-refractivity contribution in [3.63, 3.8) is 0 Å².